The van der Waals surface area contributed by atoms with Crippen LogP contribution < -0.4 is 0 Å². The molecule has 170 valence electrons. The molecule has 0 heteroatoms. The molecular formula is C31H46. The lowest BCUT2D eigenvalue weighted by atomic mass is 9.77. The zero-order chi connectivity index (χ0) is 21.9. The van der Waals surface area contributed by atoms with Crippen molar-refractivity contribution in [2.24, 2.45) is 5.92 Å². The molecule has 2 aromatic carbocycles. The molecule has 0 bridgehead atoms. The van der Waals surface area contributed by atoms with E-state index in [0.717, 1.165) is 11.8 Å². The SMILES string of the molecule is CCCCCc1ccc([C@H](CCC)Cc2ccc(C3CCC(CCC)CC3)cc2)cc1. The molecule has 1 fully saturated rings. The third-order valence-electron chi connectivity index (χ3n) is 7.63. The molecule has 31 heavy (non-hydrogen) atoms. The fourth-order valence-corrected chi connectivity index (χ4v) is 5.67. The molecule has 0 heterocycles. The van der Waals surface area contributed by atoms with Gasteiger partial charge in [-0.25, -0.2) is 0 Å². The maximum absolute atomic E-state index is 2.44. The van der Waals surface area contributed by atoms with Crippen molar-refractivity contribution in [3.63, 3.8) is 0 Å². The van der Waals surface area contributed by atoms with Gasteiger partial charge in [-0.05, 0) is 91.4 Å². The molecule has 0 aliphatic heterocycles. The maximum Gasteiger partial charge on any atom is -0.0122 e. The maximum atomic E-state index is 2.44. The molecule has 0 radical (unpaired) electrons. The molecule has 0 spiro atoms. The Labute approximate surface area is 192 Å². The van der Waals surface area contributed by atoms with Crippen LogP contribution in [0.25, 0.3) is 0 Å². The predicted molar refractivity (Wildman–Crippen MR) is 137 cm³/mol. The summed E-state index contributed by atoms with van der Waals surface area (Å²) in [5, 5.41) is 0. The van der Waals surface area contributed by atoms with Crippen LogP contribution in [0.4, 0.5) is 0 Å². The van der Waals surface area contributed by atoms with Crippen LogP contribution in [0.15, 0.2) is 48.5 Å². The Morgan fingerprint density at radius 3 is 2.00 bits per heavy atom. The van der Waals surface area contributed by atoms with Crippen LogP contribution in [0.2, 0.25) is 0 Å². The molecule has 1 atom stereocenters. The number of unbranched alkanes of at least 4 members (excludes halogenated alkanes) is 2. The smallest absolute Gasteiger partial charge is 0.0122 e. The van der Waals surface area contributed by atoms with Gasteiger partial charge in [0, 0.05) is 0 Å². The summed E-state index contributed by atoms with van der Waals surface area (Å²) in [6, 6.07) is 19.3. The topological polar surface area (TPSA) is 0 Å². The van der Waals surface area contributed by atoms with Gasteiger partial charge >= 0.3 is 0 Å². The highest BCUT2D eigenvalue weighted by Gasteiger charge is 2.22. The van der Waals surface area contributed by atoms with E-state index in [0.29, 0.717) is 5.92 Å². The summed E-state index contributed by atoms with van der Waals surface area (Å²) >= 11 is 0. The van der Waals surface area contributed by atoms with Crippen LogP contribution in [0.1, 0.15) is 125 Å². The third kappa shape index (κ3) is 7.51. The second-order valence-electron chi connectivity index (χ2n) is 10.1. The van der Waals surface area contributed by atoms with Crippen molar-refractivity contribution in [3.05, 3.63) is 70.8 Å². The zero-order valence-corrected chi connectivity index (χ0v) is 20.5. The number of aryl methyl sites for hydroxylation is 1. The Morgan fingerprint density at radius 1 is 0.710 bits per heavy atom. The zero-order valence-electron chi connectivity index (χ0n) is 20.5. The van der Waals surface area contributed by atoms with E-state index in [1.807, 2.05) is 0 Å². The first-order chi connectivity index (χ1) is 15.2. The first-order valence-corrected chi connectivity index (χ1v) is 13.4. The van der Waals surface area contributed by atoms with Crippen LogP contribution >= 0.6 is 0 Å². The highest BCUT2D eigenvalue weighted by molar-refractivity contribution is 5.30. The van der Waals surface area contributed by atoms with Crippen molar-refractivity contribution in [3.8, 4) is 0 Å². The van der Waals surface area contributed by atoms with Crippen molar-refractivity contribution in [1.29, 1.82) is 0 Å². The largest absolute Gasteiger partial charge is 0.0654 e. The fourth-order valence-electron chi connectivity index (χ4n) is 5.67. The lowest BCUT2D eigenvalue weighted by Crippen LogP contribution is -2.13. The van der Waals surface area contributed by atoms with Gasteiger partial charge in [0.25, 0.3) is 0 Å². The Kier molecular flexibility index (Phi) is 10.2. The molecule has 0 nitrogen and oxygen atoms in total. The minimum absolute atomic E-state index is 0.644. The number of hydrogen-bond donors (Lipinski definition) is 0. The lowest BCUT2D eigenvalue weighted by Gasteiger charge is -2.28. The first-order valence-electron chi connectivity index (χ1n) is 13.4. The van der Waals surface area contributed by atoms with Crippen LogP contribution in [-0.2, 0) is 12.8 Å². The van der Waals surface area contributed by atoms with Crippen LogP contribution in [0.5, 0.6) is 0 Å². The Bertz CT molecular complexity index is 716. The van der Waals surface area contributed by atoms with Crippen molar-refractivity contribution in [1.82, 2.24) is 0 Å². The van der Waals surface area contributed by atoms with E-state index in [-0.39, 0.29) is 0 Å². The highest BCUT2D eigenvalue weighted by atomic mass is 14.3. The molecule has 0 aromatic heterocycles. The molecule has 2 aromatic rings. The van der Waals surface area contributed by atoms with E-state index < -0.39 is 0 Å². The summed E-state index contributed by atoms with van der Waals surface area (Å²) in [5.41, 5.74) is 6.13. The standard InChI is InChI=1S/C31H46/c1-4-7-8-11-26-14-20-30(21-15-26)31(10-6-3)24-27-16-22-29(23-17-27)28-18-12-25(9-5-2)13-19-28/h14-17,20-23,25,28,31H,4-13,18-19,24H2,1-3H3/t25?,28?,31-/m1/s1. The van der Waals surface area contributed by atoms with E-state index in [1.54, 1.807) is 5.56 Å². The third-order valence-corrected chi connectivity index (χ3v) is 7.63. The second-order valence-corrected chi connectivity index (χ2v) is 10.1. The van der Waals surface area contributed by atoms with Gasteiger partial charge in [0.15, 0.2) is 0 Å². The van der Waals surface area contributed by atoms with Gasteiger partial charge in [0.1, 0.15) is 0 Å². The van der Waals surface area contributed by atoms with Gasteiger partial charge in [-0.15, -0.1) is 0 Å². The van der Waals surface area contributed by atoms with E-state index in [4.69, 9.17) is 0 Å². The first kappa shape index (κ1) is 24.1. The van der Waals surface area contributed by atoms with Gasteiger partial charge in [0.05, 0.1) is 0 Å². The summed E-state index contributed by atoms with van der Waals surface area (Å²) in [6.45, 7) is 6.94. The minimum Gasteiger partial charge on any atom is -0.0654 e. The summed E-state index contributed by atoms with van der Waals surface area (Å²) in [4.78, 5) is 0. The van der Waals surface area contributed by atoms with Crippen molar-refractivity contribution >= 4 is 0 Å². The van der Waals surface area contributed by atoms with E-state index in [1.165, 1.54) is 100 Å². The van der Waals surface area contributed by atoms with Gasteiger partial charge in [-0.1, -0.05) is 101 Å². The van der Waals surface area contributed by atoms with Crippen molar-refractivity contribution in [2.45, 2.75) is 116 Å². The van der Waals surface area contributed by atoms with Gasteiger partial charge in [0.2, 0.25) is 0 Å². The van der Waals surface area contributed by atoms with Gasteiger partial charge in [-0.2, -0.15) is 0 Å². The monoisotopic (exact) mass is 418 g/mol. The molecule has 0 N–H and O–H groups in total. The summed E-state index contributed by atoms with van der Waals surface area (Å²) in [7, 11) is 0. The summed E-state index contributed by atoms with van der Waals surface area (Å²) in [6.07, 6.45) is 17.4. The Morgan fingerprint density at radius 2 is 1.39 bits per heavy atom. The minimum atomic E-state index is 0.644. The van der Waals surface area contributed by atoms with Crippen molar-refractivity contribution < 1.29 is 0 Å². The fraction of sp³-hybridized carbons (Fsp3) is 0.613. The molecule has 0 amide bonds. The van der Waals surface area contributed by atoms with E-state index in [9.17, 15) is 0 Å². The molecule has 0 saturated heterocycles. The predicted octanol–water partition coefficient (Wildman–Crippen LogP) is 9.62. The summed E-state index contributed by atoms with van der Waals surface area (Å²) < 4.78 is 0. The molecule has 0 unspecified atom stereocenters. The number of rotatable bonds is 12. The highest BCUT2D eigenvalue weighted by Crippen LogP contribution is 2.37. The molecule has 1 saturated carbocycles. The van der Waals surface area contributed by atoms with E-state index in [2.05, 4.69) is 69.3 Å². The van der Waals surface area contributed by atoms with Gasteiger partial charge < -0.3 is 0 Å². The molecule has 1 aliphatic rings. The normalized spacial score (nSPS) is 20.0. The average Bonchev–Trinajstić information content (AvgIpc) is 2.81. The van der Waals surface area contributed by atoms with Gasteiger partial charge in [-0.3, -0.25) is 0 Å². The Balaban J connectivity index is 1.57. The average molecular weight is 419 g/mol. The quantitative estimate of drug-likeness (QED) is 0.301. The second kappa shape index (κ2) is 13.1. The lowest BCUT2D eigenvalue weighted by molar-refractivity contribution is 0.308. The van der Waals surface area contributed by atoms with Crippen molar-refractivity contribution in [2.75, 3.05) is 0 Å². The summed E-state index contributed by atoms with van der Waals surface area (Å²) in [5.74, 6) is 2.44. The van der Waals surface area contributed by atoms with Crippen LogP contribution in [0, 0.1) is 5.92 Å². The number of benzene rings is 2. The Hall–Kier alpha value is -1.56. The van der Waals surface area contributed by atoms with Crippen LogP contribution in [0.3, 0.4) is 0 Å². The molecular weight excluding hydrogens is 372 g/mol. The molecule has 1 aliphatic carbocycles. The molecule has 3 rings (SSSR count). The number of hydrogen-bond acceptors (Lipinski definition) is 0. The van der Waals surface area contributed by atoms with Crippen LogP contribution in [-0.4, -0.2) is 0 Å². The van der Waals surface area contributed by atoms with E-state index >= 15 is 0 Å².